The Kier molecular flexibility index (Phi) is 6.29. The molecule has 5 nitrogen and oxygen atoms in total. The maximum atomic E-state index is 13.5. The predicted molar refractivity (Wildman–Crippen MR) is 125 cm³/mol. The molecule has 1 fully saturated rings. The number of hydrogen-bond donors (Lipinski definition) is 0. The Balaban J connectivity index is 1.72. The Bertz CT molecular complexity index is 1130. The van der Waals surface area contributed by atoms with E-state index in [2.05, 4.69) is 26.0 Å². The van der Waals surface area contributed by atoms with E-state index in [1.54, 1.807) is 15.9 Å². The summed E-state index contributed by atoms with van der Waals surface area (Å²) >= 11 is 2.98. The van der Waals surface area contributed by atoms with E-state index in [-0.39, 0.29) is 11.5 Å². The summed E-state index contributed by atoms with van der Waals surface area (Å²) in [7, 11) is 0. The van der Waals surface area contributed by atoms with Gasteiger partial charge in [-0.3, -0.25) is 14.2 Å². The summed E-state index contributed by atoms with van der Waals surface area (Å²) in [5.41, 5.74) is 3.27. The van der Waals surface area contributed by atoms with Gasteiger partial charge in [-0.2, -0.15) is 0 Å². The minimum absolute atomic E-state index is 0.00912. The zero-order valence-corrected chi connectivity index (χ0v) is 19.4. The number of nitrogens with zero attached hydrogens (tertiary/aromatic N) is 3. The number of fused-ring (bicyclic) bond motifs is 1. The minimum atomic E-state index is -0.00912. The van der Waals surface area contributed by atoms with Crippen molar-refractivity contribution in [1.82, 2.24) is 14.5 Å². The molecule has 1 aromatic carbocycles. The van der Waals surface area contributed by atoms with Crippen LogP contribution < -0.4 is 5.56 Å². The number of aryl methyl sites for hydroxylation is 3. The SMILES string of the molecule is CCc1sc2nc(SCC(=O)N3CCCC3)n(Cc3ccc(C)cc3)c(=O)c2c1C. The highest BCUT2D eigenvalue weighted by Gasteiger charge is 2.21. The molecule has 0 unspecified atom stereocenters. The van der Waals surface area contributed by atoms with Gasteiger partial charge in [-0.05, 0) is 44.2 Å². The normalized spacial score (nSPS) is 14.0. The van der Waals surface area contributed by atoms with Crippen LogP contribution in [0.25, 0.3) is 10.2 Å². The minimum Gasteiger partial charge on any atom is -0.342 e. The number of likely N-dealkylation sites (tertiary alicyclic amines) is 1. The van der Waals surface area contributed by atoms with Gasteiger partial charge >= 0.3 is 0 Å². The second-order valence-electron chi connectivity index (χ2n) is 7.83. The number of rotatable bonds is 6. The van der Waals surface area contributed by atoms with Gasteiger partial charge in [-0.25, -0.2) is 4.98 Å². The smallest absolute Gasteiger partial charge is 0.263 e. The molecule has 0 spiro atoms. The molecule has 1 amide bonds. The summed E-state index contributed by atoms with van der Waals surface area (Å²) in [5.74, 6) is 0.446. The second kappa shape index (κ2) is 8.94. The predicted octanol–water partition coefficient (Wildman–Crippen LogP) is 4.40. The van der Waals surface area contributed by atoms with Gasteiger partial charge in [0.05, 0.1) is 17.7 Å². The largest absolute Gasteiger partial charge is 0.342 e. The lowest BCUT2D eigenvalue weighted by atomic mass is 10.1. The molecule has 0 N–H and O–H groups in total. The first-order chi connectivity index (χ1) is 14.5. The second-order valence-corrected chi connectivity index (χ2v) is 9.86. The molecule has 1 aliphatic heterocycles. The molecule has 1 aliphatic rings. The van der Waals surface area contributed by atoms with Crippen LogP contribution in [0.2, 0.25) is 0 Å². The molecule has 0 saturated carbocycles. The number of carbonyl (C=O) groups excluding carboxylic acids is 1. The summed E-state index contributed by atoms with van der Waals surface area (Å²) in [4.78, 5) is 34.8. The van der Waals surface area contributed by atoms with Crippen LogP contribution in [0.5, 0.6) is 0 Å². The van der Waals surface area contributed by atoms with Crippen LogP contribution in [0.4, 0.5) is 0 Å². The third-order valence-electron chi connectivity index (χ3n) is 5.68. The zero-order valence-electron chi connectivity index (χ0n) is 17.7. The summed E-state index contributed by atoms with van der Waals surface area (Å²) in [5, 5.41) is 1.35. The Morgan fingerprint density at radius 3 is 2.53 bits per heavy atom. The molecule has 1 saturated heterocycles. The average Bonchev–Trinajstić information content (AvgIpc) is 3.38. The van der Waals surface area contributed by atoms with Gasteiger partial charge in [-0.15, -0.1) is 11.3 Å². The highest BCUT2D eigenvalue weighted by atomic mass is 32.2. The van der Waals surface area contributed by atoms with E-state index < -0.39 is 0 Å². The molecule has 30 heavy (non-hydrogen) atoms. The molecule has 0 bridgehead atoms. The lowest BCUT2D eigenvalue weighted by molar-refractivity contribution is -0.127. The number of carbonyl (C=O) groups is 1. The van der Waals surface area contributed by atoms with Gasteiger partial charge in [0.2, 0.25) is 5.91 Å². The molecule has 7 heteroatoms. The van der Waals surface area contributed by atoms with Crippen molar-refractivity contribution < 1.29 is 4.79 Å². The molecule has 3 aromatic rings. The number of thiophene rings is 1. The summed E-state index contributed by atoms with van der Waals surface area (Å²) in [6.07, 6.45) is 3.04. The first-order valence-electron chi connectivity index (χ1n) is 10.5. The molecule has 0 radical (unpaired) electrons. The van der Waals surface area contributed by atoms with Crippen LogP contribution in [0.1, 0.15) is 41.3 Å². The molecule has 158 valence electrons. The Morgan fingerprint density at radius 1 is 1.17 bits per heavy atom. The van der Waals surface area contributed by atoms with Gasteiger partial charge in [0.25, 0.3) is 5.56 Å². The third kappa shape index (κ3) is 4.18. The maximum absolute atomic E-state index is 13.5. The monoisotopic (exact) mass is 441 g/mol. The zero-order chi connectivity index (χ0) is 21.3. The van der Waals surface area contributed by atoms with E-state index in [0.717, 1.165) is 53.7 Å². The highest BCUT2D eigenvalue weighted by molar-refractivity contribution is 7.99. The topological polar surface area (TPSA) is 55.2 Å². The maximum Gasteiger partial charge on any atom is 0.263 e. The first kappa shape index (κ1) is 21.1. The van der Waals surface area contributed by atoms with Gasteiger partial charge < -0.3 is 4.90 Å². The van der Waals surface area contributed by atoms with Crippen molar-refractivity contribution in [2.45, 2.75) is 51.7 Å². The Morgan fingerprint density at radius 2 is 1.87 bits per heavy atom. The number of thioether (sulfide) groups is 1. The fourth-order valence-electron chi connectivity index (χ4n) is 3.89. The van der Waals surface area contributed by atoms with E-state index in [1.807, 2.05) is 24.0 Å². The quantitative estimate of drug-likeness (QED) is 0.420. The van der Waals surface area contributed by atoms with E-state index >= 15 is 0 Å². The van der Waals surface area contributed by atoms with Crippen LogP contribution in [0.15, 0.2) is 34.2 Å². The summed E-state index contributed by atoms with van der Waals surface area (Å²) in [6.45, 7) is 8.31. The van der Waals surface area contributed by atoms with Crippen molar-refractivity contribution in [1.29, 1.82) is 0 Å². The number of benzene rings is 1. The van der Waals surface area contributed by atoms with Crippen molar-refractivity contribution in [2.24, 2.45) is 0 Å². The van der Waals surface area contributed by atoms with E-state index in [4.69, 9.17) is 4.98 Å². The van der Waals surface area contributed by atoms with Crippen molar-refractivity contribution >= 4 is 39.2 Å². The highest BCUT2D eigenvalue weighted by Crippen LogP contribution is 2.30. The lowest BCUT2D eigenvalue weighted by Gasteiger charge is -2.16. The van der Waals surface area contributed by atoms with Gasteiger partial charge in [0.15, 0.2) is 5.16 Å². The molecule has 0 atom stereocenters. The van der Waals surface area contributed by atoms with Crippen LogP contribution >= 0.6 is 23.1 Å². The molecular weight excluding hydrogens is 414 g/mol. The van der Waals surface area contributed by atoms with Crippen LogP contribution in [0, 0.1) is 13.8 Å². The van der Waals surface area contributed by atoms with Crippen molar-refractivity contribution in [2.75, 3.05) is 18.8 Å². The summed E-state index contributed by atoms with van der Waals surface area (Å²) < 4.78 is 1.74. The summed E-state index contributed by atoms with van der Waals surface area (Å²) in [6, 6.07) is 8.21. The van der Waals surface area contributed by atoms with Crippen molar-refractivity contribution in [3.05, 3.63) is 56.2 Å². The molecule has 4 rings (SSSR count). The molecule has 2 aromatic heterocycles. The number of hydrogen-bond acceptors (Lipinski definition) is 5. The molecule has 0 aliphatic carbocycles. The fourth-order valence-corrected chi connectivity index (χ4v) is 5.95. The van der Waals surface area contributed by atoms with Gasteiger partial charge in [-0.1, -0.05) is 48.5 Å². The fraction of sp³-hybridized carbons (Fsp3) is 0.435. The van der Waals surface area contributed by atoms with E-state index in [0.29, 0.717) is 17.5 Å². The third-order valence-corrected chi connectivity index (χ3v) is 7.97. The van der Waals surface area contributed by atoms with Crippen molar-refractivity contribution in [3.63, 3.8) is 0 Å². The van der Waals surface area contributed by atoms with Crippen LogP contribution in [-0.4, -0.2) is 39.2 Å². The number of amides is 1. The Hall–Kier alpha value is -2.12. The van der Waals surface area contributed by atoms with Gasteiger partial charge in [0, 0.05) is 18.0 Å². The van der Waals surface area contributed by atoms with Crippen molar-refractivity contribution in [3.8, 4) is 0 Å². The van der Waals surface area contributed by atoms with E-state index in [9.17, 15) is 9.59 Å². The van der Waals surface area contributed by atoms with Crippen LogP contribution in [-0.2, 0) is 17.8 Å². The molecule has 3 heterocycles. The van der Waals surface area contributed by atoms with Gasteiger partial charge in [0.1, 0.15) is 4.83 Å². The lowest BCUT2D eigenvalue weighted by Crippen LogP contribution is -2.30. The first-order valence-corrected chi connectivity index (χ1v) is 12.3. The van der Waals surface area contributed by atoms with E-state index in [1.165, 1.54) is 22.2 Å². The average molecular weight is 442 g/mol. The Labute approximate surface area is 185 Å². The standard InChI is InChI=1S/C23H27N3O2S2/c1-4-18-16(3)20-21(30-18)24-23(29-14-19(27)25-11-5-6-12-25)26(22(20)28)13-17-9-7-15(2)8-10-17/h7-10H,4-6,11-14H2,1-3H3. The number of aromatic nitrogens is 2. The van der Waals surface area contributed by atoms with Crippen LogP contribution in [0.3, 0.4) is 0 Å². The molecular formula is C23H27N3O2S2.